The van der Waals surface area contributed by atoms with E-state index in [2.05, 4.69) is 114 Å². The Labute approximate surface area is 255 Å². The van der Waals surface area contributed by atoms with Crippen LogP contribution in [-0.2, 0) is 12.8 Å². The van der Waals surface area contributed by atoms with E-state index in [0.29, 0.717) is 0 Å². The number of benzene rings is 2. The van der Waals surface area contributed by atoms with E-state index in [1.54, 1.807) is 0 Å². The summed E-state index contributed by atoms with van der Waals surface area (Å²) in [5.41, 5.74) is 6.22. The van der Waals surface area contributed by atoms with Gasteiger partial charge in [0, 0.05) is 29.3 Å². The van der Waals surface area contributed by atoms with Gasteiger partial charge in [0.15, 0.2) is 0 Å². The number of nitrogens with one attached hydrogen (secondary N) is 1. The number of hydrogen-bond donors (Lipinski definition) is 1. The second-order valence-corrected chi connectivity index (χ2v) is 12.6. The van der Waals surface area contributed by atoms with E-state index >= 15 is 0 Å². The van der Waals surface area contributed by atoms with Crippen molar-refractivity contribution in [1.29, 1.82) is 0 Å². The summed E-state index contributed by atoms with van der Waals surface area (Å²) in [5.74, 6) is 0.155. The van der Waals surface area contributed by atoms with E-state index in [9.17, 15) is 0 Å². The summed E-state index contributed by atoms with van der Waals surface area (Å²) in [6.45, 7) is 7.76. The molecule has 0 amide bonds. The minimum Gasteiger partial charge on any atom is -0.341 e. The van der Waals surface area contributed by atoms with Crippen molar-refractivity contribution in [1.82, 2.24) is 15.4 Å². The van der Waals surface area contributed by atoms with Gasteiger partial charge in [0.25, 0.3) is 0 Å². The van der Waals surface area contributed by atoms with Crippen LogP contribution in [0.2, 0.25) is 0 Å². The number of aromatic amines is 1. The fraction of sp³-hybridized carbons (Fsp3) is 0.526. The molecule has 1 heterocycles. The van der Waals surface area contributed by atoms with Gasteiger partial charge in [-0.05, 0) is 61.1 Å². The number of aromatic nitrogens is 3. The lowest BCUT2D eigenvalue weighted by molar-refractivity contribution is 0.381. The van der Waals surface area contributed by atoms with Crippen molar-refractivity contribution in [2.75, 3.05) is 11.4 Å². The van der Waals surface area contributed by atoms with Crippen molar-refractivity contribution < 1.29 is 0 Å². The number of H-pyrrole nitrogens is 1. The standard InChI is InChI=1S/C38H54N4/c1-4-6-8-10-12-14-18-32-21-25-34(26-22-32)42(31-38(3)29-17-16-20-36(38)37-30-39-41-40-37)35-27-23-33(24-28-35)19-15-13-11-9-7-5-2/h16-17,20-30,36H,4-15,18-19,31H2,1-3H3,(H,39,40,41). The summed E-state index contributed by atoms with van der Waals surface area (Å²) in [6.07, 6.45) is 29.2. The Hall–Kier alpha value is -3.14. The molecule has 0 fully saturated rings. The van der Waals surface area contributed by atoms with Gasteiger partial charge in [-0.25, -0.2) is 0 Å². The Balaban J connectivity index is 1.48. The Bertz CT molecular complexity index is 1130. The summed E-state index contributed by atoms with van der Waals surface area (Å²) >= 11 is 0. The zero-order chi connectivity index (χ0) is 29.5. The highest BCUT2D eigenvalue weighted by Gasteiger charge is 2.36. The van der Waals surface area contributed by atoms with Crippen molar-refractivity contribution in [2.45, 2.75) is 117 Å². The molecule has 0 radical (unpaired) electrons. The van der Waals surface area contributed by atoms with Crippen LogP contribution in [0.25, 0.3) is 0 Å². The van der Waals surface area contributed by atoms with Crippen LogP contribution in [0.3, 0.4) is 0 Å². The Morgan fingerprint density at radius 3 is 1.71 bits per heavy atom. The molecule has 1 aliphatic carbocycles. The van der Waals surface area contributed by atoms with E-state index in [4.69, 9.17) is 0 Å². The van der Waals surface area contributed by atoms with Gasteiger partial charge in [0.1, 0.15) is 0 Å². The van der Waals surface area contributed by atoms with Gasteiger partial charge in [-0.15, -0.1) is 0 Å². The summed E-state index contributed by atoms with van der Waals surface area (Å²) in [4.78, 5) is 2.50. The number of allylic oxidation sites excluding steroid dienone is 3. The third kappa shape index (κ3) is 9.44. The van der Waals surface area contributed by atoms with E-state index < -0.39 is 0 Å². The van der Waals surface area contributed by atoms with Crippen LogP contribution in [0.15, 0.2) is 79.0 Å². The van der Waals surface area contributed by atoms with E-state index in [-0.39, 0.29) is 11.3 Å². The molecule has 0 aliphatic heterocycles. The first-order chi connectivity index (χ1) is 20.6. The van der Waals surface area contributed by atoms with Gasteiger partial charge in [-0.3, -0.25) is 0 Å². The quantitative estimate of drug-likeness (QED) is 0.147. The SMILES string of the molecule is CCCCCCCCc1ccc(N(CC2(C)C=CC=CC2c2cn[nH]n2)c2ccc(CCCCCCCC)cc2)cc1. The molecule has 226 valence electrons. The molecule has 4 nitrogen and oxygen atoms in total. The average molecular weight is 567 g/mol. The molecule has 2 aromatic carbocycles. The van der Waals surface area contributed by atoms with Crippen molar-refractivity contribution in [3.05, 3.63) is 95.9 Å². The van der Waals surface area contributed by atoms with Crippen LogP contribution >= 0.6 is 0 Å². The number of anilines is 2. The van der Waals surface area contributed by atoms with Gasteiger partial charge < -0.3 is 4.90 Å². The van der Waals surface area contributed by atoms with E-state index in [1.807, 2.05) is 6.20 Å². The van der Waals surface area contributed by atoms with E-state index in [1.165, 1.54) is 112 Å². The molecule has 42 heavy (non-hydrogen) atoms. The number of unbranched alkanes of at least 4 members (excludes halogenated alkanes) is 10. The number of nitrogens with zero attached hydrogens (tertiary/aromatic N) is 3. The third-order valence-corrected chi connectivity index (χ3v) is 8.99. The summed E-state index contributed by atoms with van der Waals surface area (Å²) in [5, 5.41) is 11.4. The highest BCUT2D eigenvalue weighted by Crippen LogP contribution is 2.43. The maximum Gasteiger partial charge on any atom is 0.0902 e. The first-order valence-electron chi connectivity index (χ1n) is 16.8. The van der Waals surface area contributed by atoms with Crippen molar-refractivity contribution >= 4 is 11.4 Å². The van der Waals surface area contributed by atoms with Gasteiger partial charge in [-0.2, -0.15) is 15.4 Å². The molecule has 0 bridgehead atoms. The molecule has 0 spiro atoms. The summed E-state index contributed by atoms with van der Waals surface area (Å²) in [6, 6.07) is 18.7. The predicted octanol–water partition coefficient (Wildman–Crippen LogP) is 10.7. The summed E-state index contributed by atoms with van der Waals surface area (Å²) < 4.78 is 0. The van der Waals surface area contributed by atoms with Crippen LogP contribution < -0.4 is 4.90 Å². The molecular weight excluding hydrogens is 512 g/mol. The molecule has 0 saturated carbocycles. The average Bonchev–Trinajstić information content (AvgIpc) is 3.55. The Morgan fingerprint density at radius 2 is 1.21 bits per heavy atom. The zero-order valence-corrected chi connectivity index (χ0v) is 26.5. The van der Waals surface area contributed by atoms with Crippen molar-refractivity contribution in [3.63, 3.8) is 0 Å². The largest absolute Gasteiger partial charge is 0.341 e. The molecule has 4 rings (SSSR count). The highest BCUT2D eigenvalue weighted by atomic mass is 15.3. The Kier molecular flexibility index (Phi) is 12.9. The first kappa shape index (κ1) is 31.8. The third-order valence-electron chi connectivity index (χ3n) is 8.99. The molecule has 2 atom stereocenters. The summed E-state index contributed by atoms with van der Waals surface area (Å²) in [7, 11) is 0. The molecule has 1 aromatic heterocycles. The predicted molar refractivity (Wildman–Crippen MR) is 180 cm³/mol. The minimum atomic E-state index is -0.139. The zero-order valence-electron chi connectivity index (χ0n) is 26.5. The topological polar surface area (TPSA) is 44.8 Å². The molecule has 3 aromatic rings. The molecule has 0 saturated heterocycles. The van der Waals surface area contributed by atoms with Crippen LogP contribution in [0.4, 0.5) is 11.4 Å². The molecule has 4 heteroatoms. The van der Waals surface area contributed by atoms with E-state index in [0.717, 1.165) is 12.2 Å². The van der Waals surface area contributed by atoms with Crippen LogP contribution in [0.5, 0.6) is 0 Å². The lowest BCUT2D eigenvalue weighted by atomic mass is 9.72. The van der Waals surface area contributed by atoms with Crippen LogP contribution in [0, 0.1) is 5.41 Å². The number of aryl methyl sites for hydroxylation is 2. The van der Waals surface area contributed by atoms with Crippen LogP contribution in [-0.4, -0.2) is 22.0 Å². The maximum atomic E-state index is 4.48. The lowest BCUT2D eigenvalue weighted by Crippen LogP contribution is -2.37. The molecule has 1 N–H and O–H groups in total. The van der Waals surface area contributed by atoms with Crippen LogP contribution in [0.1, 0.15) is 121 Å². The minimum absolute atomic E-state index is 0.139. The van der Waals surface area contributed by atoms with Gasteiger partial charge >= 0.3 is 0 Å². The van der Waals surface area contributed by atoms with Gasteiger partial charge in [0.2, 0.25) is 0 Å². The number of rotatable bonds is 19. The molecule has 1 aliphatic rings. The second-order valence-electron chi connectivity index (χ2n) is 12.6. The maximum absolute atomic E-state index is 4.48. The highest BCUT2D eigenvalue weighted by molar-refractivity contribution is 5.64. The van der Waals surface area contributed by atoms with Gasteiger partial charge in [-0.1, -0.05) is 134 Å². The Morgan fingerprint density at radius 1 is 0.690 bits per heavy atom. The first-order valence-corrected chi connectivity index (χ1v) is 16.8. The van der Waals surface area contributed by atoms with Crippen molar-refractivity contribution in [3.8, 4) is 0 Å². The normalized spacial score (nSPS) is 18.0. The van der Waals surface area contributed by atoms with Gasteiger partial charge in [0.05, 0.1) is 11.9 Å². The fourth-order valence-electron chi connectivity index (χ4n) is 6.30. The fourth-order valence-corrected chi connectivity index (χ4v) is 6.30. The van der Waals surface area contributed by atoms with Crippen molar-refractivity contribution in [2.24, 2.45) is 5.41 Å². The molecular formula is C38H54N4. The molecule has 2 unspecified atom stereocenters. The lowest BCUT2D eigenvalue weighted by Gasteiger charge is -2.40. The second kappa shape index (κ2) is 17.1. The smallest absolute Gasteiger partial charge is 0.0902 e. The number of hydrogen-bond acceptors (Lipinski definition) is 3. The monoisotopic (exact) mass is 566 g/mol.